The van der Waals surface area contributed by atoms with E-state index in [2.05, 4.69) is 12.2 Å². The zero-order valence-electron chi connectivity index (χ0n) is 14.3. The lowest BCUT2D eigenvalue weighted by molar-refractivity contribution is -0.134. The van der Waals surface area contributed by atoms with E-state index < -0.39 is 0 Å². The van der Waals surface area contributed by atoms with Crippen LogP contribution in [0.2, 0.25) is 0 Å². The predicted molar refractivity (Wildman–Crippen MR) is 88.3 cm³/mol. The molecule has 0 aromatic heterocycles. The molecule has 2 amide bonds. The van der Waals surface area contributed by atoms with E-state index >= 15 is 0 Å². The molecule has 1 aliphatic heterocycles. The molecule has 0 radical (unpaired) electrons. The molecule has 0 aromatic carbocycles. The van der Waals surface area contributed by atoms with E-state index in [9.17, 15) is 9.59 Å². The van der Waals surface area contributed by atoms with Crippen LogP contribution in [0.5, 0.6) is 0 Å². The fraction of sp³-hybridized carbons (Fsp3) is 0.889. The van der Waals surface area contributed by atoms with E-state index in [-0.39, 0.29) is 5.91 Å². The van der Waals surface area contributed by atoms with Gasteiger partial charge in [0, 0.05) is 33.0 Å². The van der Waals surface area contributed by atoms with Crippen molar-refractivity contribution < 1.29 is 9.59 Å². The lowest BCUT2D eigenvalue weighted by Crippen LogP contribution is -2.42. The maximum atomic E-state index is 12.5. The molecule has 1 saturated carbocycles. The number of carbonyl (C=O) groups excluding carboxylic acids is 2. The number of piperidine rings is 1. The molecule has 126 valence electrons. The van der Waals surface area contributed by atoms with Crippen LogP contribution in [0, 0.1) is 17.8 Å². The molecule has 0 bridgehead atoms. The van der Waals surface area contributed by atoms with E-state index in [4.69, 9.17) is 0 Å². The second kappa shape index (κ2) is 8.54. The minimum Gasteiger partial charge on any atom is -0.356 e. The van der Waals surface area contributed by atoms with Crippen molar-refractivity contribution in [2.75, 3.05) is 19.6 Å². The average Bonchev–Trinajstić information content (AvgIpc) is 2.54. The van der Waals surface area contributed by atoms with Crippen LogP contribution >= 0.6 is 0 Å². The van der Waals surface area contributed by atoms with Crippen LogP contribution in [-0.4, -0.2) is 36.3 Å². The lowest BCUT2D eigenvalue weighted by atomic mass is 9.79. The molecule has 0 aromatic rings. The van der Waals surface area contributed by atoms with Gasteiger partial charge in [0.25, 0.3) is 0 Å². The van der Waals surface area contributed by atoms with Gasteiger partial charge in [-0.05, 0) is 30.6 Å². The zero-order valence-corrected chi connectivity index (χ0v) is 14.3. The van der Waals surface area contributed by atoms with Gasteiger partial charge in [-0.2, -0.15) is 0 Å². The van der Waals surface area contributed by atoms with Gasteiger partial charge in [-0.25, -0.2) is 0 Å². The summed E-state index contributed by atoms with van der Waals surface area (Å²) in [5.41, 5.74) is 0. The summed E-state index contributed by atoms with van der Waals surface area (Å²) in [5, 5.41) is 2.89. The van der Waals surface area contributed by atoms with E-state index in [0.717, 1.165) is 44.8 Å². The number of hydrogen-bond donors (Lipinski definition) is 1. The number of hydrogen-bond acceptors (Lipinski definition) is 2. The molecule has 1 saturated heterocycles. The normalized spacial score (nSPS) is 22.4. The summed E-state index contributed by atoms with van der Waals surface area (Å²) >= 11 is 0. The third-order valence-electron chi connectivity index (χ3n) is 5.56. The van der Waals surface area contributed by atoms with E-state index in [1.807, 2.05) is 4.90 Å². The Morgan fingerprint density at radius 1 is 1.09 bits per heavy atom. The van der Waals surface area contributed by atoms with Gasteiger partial charge in [-0.1, -0.05) is 39.0 Å². The van der Waals surface area contributed by atoms with Crippen LogP contribution in [-0.2, 0) is 9.59 Å². The number of nitrogens with one attached hydrogen (secondary N) is 1. The highest BCUT2D eigenvalue weighted by molar-refractivity contribution is 5.76. The van der Waals surface area contributed by atoms with Crippen LogP contribution in [0.25, 0.3) is 0 Å². The minimum absolute atomic E-state index is 0.0415. The highest BCUT2D eigenvalue weighted by Gasteiger charge is 2.27. The first kappa shape index (κ1) is 17.3. The number of likely N-dealkylation sites (tertiary alicyclic amines) is 1. The molecular formula is C18H32N2O2. The topological polar surface area (TPSA) is 49.4 Å². The molecule has 2 rings (SSSR count). The van der Waals surface area contributed by atoms with Gasteiger partial charge >= 0.3 is 0 Å². The highest BCUT2D eigenvalue weighted by Crippen LogP contribution is 2.32. The predicted octanol–water partition coefficient (Wildman–Crippen LogP) is 2.97. The molecule has 2 aliphatic rings. The Morgan fingerprint density at radius 3 is 2.32 bits per heavy atom. The number of amides is 2. The van der Waals surface area contributed by atoms with Crippen molar-refractivity contribution in [3.8, 4) is 0 Å². The summed E-state index contributed by atoms with van der Waals surface area (Å²) in [5.74, 6) is 2.21. The van der Waals surface area contributed by atoms with Gasteiger partial charge in [-0.3, -0.25) is 9.59 Å². The fourth-order valence-corrected chi connectivity index (χ4v) is 3.95. The zero-order chi connectivity index (χ0) is 15.9. The lowest BCUT2D eigenvalue weighted by Gasteiger charge is -2.34. The van der Waals surface area contributed by atoms with Gasteiger partial charge in [0.05, 0.1) is 0 Å². The maximum Gasteiger partial charge on any atom is 0.222 e. The summed E-state index contributed by atoms with van der Waals surface area (Å²) in [4.78, 5) is 25.5. The van der Waals surface area contributed by atoms with Crippen molar-refractivity contribution in [2.45, 2.75) is 65.2 Å². The van der Waals surface area contributed by atoms with Crippen LogP contribution < -0.4 is 5.32 Å². The third-order valence-corrected chi connectivity index (χ3v) is 5.56. The van der Waals surface area contributed by atoms with Gasteiger partial charge in [0.1, 0.15) is 0 Å². The summed E-state index contributed by atoms with van der Waals surface area (Å²) in [6, 6.07) is 0. The number of carbonyl (C=O) groups is 2. The second-order valence-corrected chi connectivity index (χ2v) is 7.34. The van der Waals surface area contributed by atoms with Gasteiger partial charge in [-0.15, -0.1) is 0 Å². The van der Waals surface area contributed by atoms with Gasteiger partial charge in [0.15, 0.2) is 0 Å². The quantitative estimate of drug-likeness (QED) is 0.849. The molecule has 1 N–H and O–H groups in total. The van der Waals surface area contributed by atoms with Crippen molar-refractivity contribution in [1.82, 2.24) is 10.2 Å². The fourth-order valence-electron chi connectivity index (χ4n) is 3.95. The van der Waals surface area contributed by atoms with Gasteiger partial charge < -0.3 is 10.2 Å². The van der Waals surface area contributed by atoms with E-state index in [1.165, 1.54) is 32.1 Å². The molecule has 0 spiro atoms. The molecule has 1 aliphatic carbocycles. The maximum absolute atomic E-state index is 12.5. The number of rotatable bonds is 5. The largest absolute Gasteiger partial charge is 0.356 e. The summed E-state index contributed by atoms with van der Waals surface area (Å²) in [7, 11) is 0. The second-order valence-electron chi connectivity index (χ2n) is 7.34. The Labute approximate surface area is 135 Å². The first-order valence-electron chi connectivity index (χ1n) is 9.08. The Bertz CT molecular complexity index is 369. The average molecular weight is 308 g/mol. The first-order chi connectivity index (χ1) is 10.6. The van der Waals surface area contributed by atoms with E-state index in [1.54, 1.807) is 6.92 Å². The molecule has 4 nitrogen and oxygen atoms in total. The third kappa shape index (κ3) is 5.29. The molecule has 1 atom stereocenters. The molecular weight excluding hydrogens is 276 g/mol. The van der Waals surface area contributed by atoms with Crippen LogP contribution in [0.15, 0.2) is 0 Å². The van der Waals surface area contributed by atoms with E-state index in [0.29, 0.717) is 17.7 Å². The minimum atomic E-state index is 0.0415. The Hall–Kier alpha value is -1.06. The SMILES string of the molecule is CC(=O)NCC1CCN(C(=O)C[C@@H](C)C2CCCCC2)CC1. The summed E-state index contributed by atoms with van der Waals surface area (Å²) in [6.45, 7) is 6.31. The van der Waals surface area contributed by atoms with Crippen LogP contribution in [0.4, 0.5) is 0 Å². The smallest absolute Gasteiger partial charge is 0.222 e. The van der Waals surface area contributed by atoms with Crippen molar-refractivity contribution in [3.63, 3.8) is 0 Å². The van der Waals surface area contributed by atoms with Crippen molar-refractivity contribution in [2.24, 2.45) is 17.8 Å². The van der Waals surface area contributed by atoms with Gasteiger partial charge in [0.2, 0.25) is 11.8 Å². The standard InChI is InChI=1S/C18H32N2O2/c1-14(17-6-4-3-5-7-17)12-18(22)20-10-8-16(9-11-20)13-19-15(2)21/h14,16-17H,3-13H2,1-2H3,(H,19,21)/t14-/m1/s1. The Kier molecular flexibility index (Phi) is 6.71. The van der Waals surface area contributed by atoms with Crippen LogP contribution in [0.1, 0.15) is 65.2 Å². The molecule has 4 heteroatoms. The molecule has 1 heterocycles. The first-order valence-corrected chi connectivity index (χ1v) is 9.08. The van der Waals surface area contributed by atoms with Crippen LogP contribution in [0.3, 0.4) is 0 Å². The van der Waals surface area contributed by atoms with Crippen molar-refractivity contribution in [1.29, 1.82) is 0 Å². The summed E-state index contributed by atoms with van der Waals surface area (Å²) in [6.07, 6.45) is 9.45. The summed E-state index contributed by atoms with van der Waals surface area (Å²) < 4.78 is 0. The molecule has 22 heavy (non-hydrogen) atoms. The molecule has 2 fully saturated rings. The Balaban J connectivity index is 1.69. The van der Waals surface area contributed by atoms with Crippen molar-refractivity contribution in [3.05, 3.63) is 0 Å². The molecule has 0 unspecified atom stereocenters. The van der Waals surface area contributed by atoms with Crippen molar-refractivity contribution >= 4 is 11.8 Å². The highest BCUT2D eigenvalue weighted by atomic mass is 16.2. The Morgan fingerprint density at radius 2 is 1.73 bits per heavy atom. The monoisotopic (exact) mass is 308 g/mol. The number of nitrogens with zero attached hydrogens (tertiary/aromatic N) is 1.